The van der Waals surface area contributed by atoms with Crippen LogP contribution < -0.4 is 0 Å². The summed E-state index contributed by atoms with van der Waals surface area (Å²) in [6.07, 6.45) is 1.68. The number of hydrogen-bond donors (Lipinski definition) is 0. The zero-order valence-electron chi connectivity index (χ0n) is 7.05. The van der Waals surface area contributed by atoms with Crippen molar-refractivity contribution in [2.24, 2.45) is 0 Å². The Morgan fingerprint density at radius 1 is 1.07 bits per heavy atom. The van der Waals surface area contributed by atoms with Crippen molar-refractivity contribution in [2.45, 2.75) is 0 Å². The van der Waals surface area contributed by atoms with E-state index in [1.165, 1.54) is 0 Å². The lowest BCUT2D eigenvalue weighted by Crippen LogP contribution is -1.87. The average molecular weight is 249 g/mol. The largest absolute Gasteiger partial charge is 0.195 e. The van der Waals surface area contributed by atoms with E-state index in [2.05, 4.69) is 31.4 Å². The van der Waals surface area contributed by atoms with Gasteiger partial charge in [-0.2, -0.15) is 8.81 Å². The molecule has 14 heavy (non-hydrogen) atoms. The van der Waals surface area contributed by atoms with Crippen LogP contribution in [0.5, 0.6) is 0 Å². The second-order valence-electron chi connectivity index (χ2n) is 2.96. The van der Waals surface area contributed by atoms with Gasteiger partial charge in [0.25, 0.3) is 0 Å². The highest BCUT2D eigenvalue weighted by Crippen LogP contribution is 2.21. The number of benzene rings is 1. The molecule has 2 heterocycles. The van der Waals surface area contributed by atoms with Gasteiger partial charge in [-0.05, 0) is 6.07 Å². The molecule has 5 heteroatoms. The minimum absolute atomic E-state index is 0.792. The van der Waals surface area contributed by atoms with E-state index in [0.29, 0.717) is 0 Å². The van der Waals surface area contributed by atoms with Crippen LogP contribution in [0.3, 0.4) is 0 Å². The van der Waals surface area contributed by atoms with Gasteiger partial charge in [0.2, 0.25) is 0 Å². The first-order valence-corrected chi connectivity index (χ1v) is 4.82. The van der Waals surface area contributed by atoms with E-state index in [1.807, 2.05) is 24.3 Å². The number of rotatable bonds is 0. The Bertz CT molecular complexity index is 616. The molecule has 0 amide bonds. The number of fused-ring (bicyclic) bond motifs is 3. The third-order valence-corrected chi connectivity index (χ3v) is 2.67. The summed E-state index contributed by atoms with van der Waals surface area (Å²) in [6.45, 7) is 0. The van der Waals surface area contributed by atoms with E-state index in [0.717, 1.165) is 21.9 Å². The first kappa shape index (κ1) is 7.87. The zero-order valence-corrected chi connectivity index (χ0v) is 8.64. The Hall–Kier alpha value is -1.49. The van der Waals surface area contributed by atoms with Gasteiger partial charge in [-0.1, -0.05) is 18.2 Å². The van der Waals surface area contributed by atoms with Crippen LogP contribution in [0.2, 0.25) is 0 Å². The van der Waals surface area contributed by atoms with Crippen LogP contribution in [-0.2, 0) is 0 Å². The lowest BCUT2D eigenvalue weighted by molar-refractivity contribution is 1.07. The monoisotopic (exact) mass is 248 g/mol. The van der Waals surface area contributed by atoms with E-state index >= 15 is 0 Å². The lowest BCUT2D eigenvalue weighted by Gasteiger charge is -1.97. The summed E-state index contributed by atoms with van der Waals surface area (Å²) in [7, 11) is 0. The predicted molar refractivity (Wildman–Crippen MR) is 57.2 cm³/mol. The van der Waals surface area contributed by atoms with Gasteiger partial charge in [0.15, 0.2) is 0 Å². The van der Waals surface area contributed by atoms with E-state index in [-0.39, 0.29) is 0 Å². The van der Waals surface area contributed by atoms with E-state index < -0.39 is 0 Å². The Labute approximate surface area is 87.9 Å². The highest BCUT2D eigenvalue weighted by molar-refractivity contribution is 9.08. The van der Waals surface area contributed by atoms with Crippen molar-refractivity contribution in [3.05, 3.63) is 30.5 Å². The summed E-state index contributed by atoms with van der Waals surface area (Å²) in [6, 6.07) is 7.86. The summed E-state index contributed by atoms with van der Waals surface area (Å²) < 4.78 is 1.64. The van der Waals surface area contributed by atoms with Crippen molar-refractivity contribution >= 4 is 38.1 Å². The minimum Gasteiger partial charge on any atom is -0.195 e. The van der Waals surface area contributed by atoms with E-state index in [1.54, 1.807) is 9.90 Å². The Morgan fingerprint density at radius 3 is 2.79 bits per heavy atom. The zero-order chi connectivity index (χ0) is 9.54. The highest BCUT2D eigenvalue weighted by atomic mass is 79.9. The molecule has 0 saturated heterocycles. The smallest absolute Gasteiger partial charge is 0.133 e. The Kier molecular flexibility index (Phi) is 1.55. The number of aromatic nitrogens is 4. The van der Waals surface area contributed by atoms with Gasteiger partial charge >= 0.3 is 0 Å². The standard InChI is InChI=1S/C9H5BrN4/c10-14-9-6-3-1-2-4-7(6)12-13-8(9)5-11-14/h1-5H. The van der Waals surface area contributed by atoms with Crippen molar-refractivity contribution in [1.82, 2.24) is 19.0 Å². The quantitative estimate of drug-likeness (QED) is 0.613. The average Bonchev–Trinajstić information content (AvgIpc) is 2.61. The maximum absolute atomic E-state index is 4.10. The van der Waals surface area contributed by atoms with Crippen LogP contribution in [0.25, 0.3) is 21.9 Å². The van der Waals surface area contributed by atoms with Crippen LogP contribution in [0.15, 0.2) is 30.5 Å². The van der Waals surface area contributed by atoms with Crippen LogP contribution in [0, 0.1) is 0 Å². The maximum atomic E-state index is 4.10. The molecular formula is C9H5BrN4. The predicted octanol–water partition coefficient (Wildman–Crippen LogP) is 2.14. The fraction of sp³-hybridized carbons (Fsp3) is 0. The number of halogens is 1. The molecule has 0 aliphatic carbocycles. The van der Waals surface area contributed by atoms with Gasteiger partial charge in [-0.25, -0.2) is 0 Å². The second-order valence-corrected chi connectivity index (χ2v) is 3.63. The molecule has 0 radical (unpaired) electrons. The molecule has 0 atom stereocenters. The molecule has 0 unspecified atom stereocenters. The van der Waals surface area contributed by atoms with Crippen LogP contribution in [0.4, 0.5) is 0 Å². The normalized spacial score (nSPS) is 11.2. The summed E-state index contributed by atoms with van der Waals surface area (Å²) >= 11 is 3.33. The molecule has 0 fully saturated rings. The van der Waals surface area contributed by atoms with Crippen molar-refractivity contribution in [1.29, 1.82) is 0 Å². The van der Waals surface area contributed by atoms with Gasteiger partial charge in [0.1, 0.15) is 11.0 Å². The van der Waals surface area contributed by atoms with Gasteiger partial charge in [-0.15, -0.1) is 10.2 Å². The van der Waals surface area contributed by atoms with E-state index in [9.17, 15) is 0 Å². The summed E-state index contributed by atoms with van der Waals surface area (Å²) in [5.41, 5.74) is 2.62. The molecule has 2 aromatic heterocycles. The molecule has 3 aromatic rings. The van der Waals surface area contributed by atoms with Crippen molar-refractivity contribution in [3.8, 4) is 0 Å². The maximum Gasteiger partial charge on any atom is 0.133 e. The topological polar surface area (TPSA) is 43.6 Å². The fourth-order valence-corrected chi connectivity index (χ4v) is 1.96. The van der Waals surface area contributed by atoms with Crippen LogP contribution >= 0.6 is 16.1 Å². The first-order valence-electron chi connectivity index (χ1n) is 4.11. The molecule has 68 valence electrons. The molecule has 0 aliphatic heterocycles. The van der Waals surface area contributed by atoms with Gasteiger partial charge in [0.05, 0.1) is 27.9 Å². The lowest BCUT2D eigenvalue weighted by atomic mass is 10.2. The fourth-order valence-electron chi connectivity index (χ4n) is 1.50. The Balaban J connectivity index is 2.65. The molecule has 3 rings (SSSR count). The van der Waals surface area contributed by atoms with E-state index in [4.69, 9.17) is 0 Å². The van der Waals surface area contributed by atoms with Crippen molar-refractivity contribution in [3.63, 3.8) is 0 Å². The minimum atomic E-state index is 0.792. The number of nitrogens with zero attached hydrogens (tertiary/aromatic N) is 4. The van der Waals surface area contributed by atoms with Crippen LogP contribution in [-0.4, -0.2) is 19.0 Å². The van der Waals surface area contributed by atoms with Gasteiger partial charge in [0, 0.05) is 5.39 Å². The van der Waals surface area contributed by atoms with Crippen LogP contribution in [0.1, 0.15) is 0 Å². The van der Waals surface area contributed by atoms with Crippen molar-refractivity contribution in [2.75, 3.05) is 0 Å². The Morgan fingerprint density at radius 2 is 1.86 bits per heavy atom. The molecule has 0 aliphatic rings. The molecular weight excluding hydrogens is 244 g/mol. The first-order chi connectivity index (χ1) is 6.86. The summed E-state index contributed by atoms with van der Waals surface area (Å²) in [4.78, 5) is 0. The summed E-state index contributed by atoms with van der Waals surface area (Å²) in [5.74, 6) is 0. The van der Waals surface area contributed by atoms with Crippen molar-refractivity contribution < 1.29 is 0 Å². The molecule has 0 spiro atoms. The number of hydrogen-bond acceptors (Lipinski definition) is 3. The molecule has 1 aromatic carbocycles. The van der Waals surface area contributed by atoms with Gasteiger partial charge in [-0.3, -0.25) is 0 Å². The molecule has 0 bridgehead atoms. The molecule has 4 nitrogen and oxygen atoms in total. The molecule has 0 saturated carbocycles. The SMILES string of the molecule is Brn1ncc2nnc3ccccc3c21. The van der Waals surface area contributed by atoms with Gasteiger partial charge < -0.3 is 0 Å². The molecule has 0 N–H and O–H groups in total. The third-order valence-electron chi connectivity index (χ3n) is 2.13. The third kappa shape index (κ3) is 0.957. The summed E-state index contributed by atoms with van der Waals surface area (Å²) in [5, 5.41) is 13.3. The highest BCUT2D eigenvalue weighted by Gasteiger charge is 2.06. The second kappa shape index (κ2) is 2.75.